The number of aliphatic hydroxyl groups is 3. The molecule has 15 heavy (non-hydrogen) atoms. The smallest absolute Gasteiger partial charge is 0.313 e. The van der Waals surface area contributed by atoms with Crippen LogP contribution < -0.4 is 0 Å². The molecule has 0 bridgehead atoms. The van der Waals surface area contributed by atoms with Crippen molar-refractivity contribution in [1.29, 1.82) is 0 Å². The number of rotatable bonds is 4. The number of aliphatic hydroxyl groups excluding tert-OH is 3. The van der Waals surface area contributed by atoms with Crippen molar-refractivity contribution in [2.24, 2.45) is 0 Å². The second-order valence-electron chi connectivity index (χ2n) is 2.57. The molecule has 0 spiro atoms. The summed E-state index contributed by atoms with van der Waals surface area (Å²) in [5.41, 5.74) is 0. The number of carbonyl (C=O) groups excluding carboxylic acids is 2. The molecule has 0 aromatic rings. The molecule has 6 nitrogen and oxygen atoms in total. The van der Waals surface area contributed by atoms with E-state index in [-0.39, 0.29) is 26.1 Å². The number of esters is 2. The van der Waals surface area contributed by atoms with Gasteiger partial charge in [0.1, 0.15) is 6.10 Å². The predicted molar refractivity (Wildman–Crippen MR) is 51.9 cm³/mol. The Morgan fingerprint density at radius 2 is 1.40 bits per heavy atom. The first-order chi connectivity index (χ1) is 7.01. The molecule has 3 N–H and O–H groups in total. The van der Waals surface area contributed by atoms with Gasteiger partial charge in [0.15, 0.2) is 0 Å². The van der Waals surface area contributed by atoms with Crippen molar-refractivity contribution < 1.29 is 29.6 Å². The zero-order valence-electron chi connectivity index (χ0n) is 8.97. The molecular formula is C9H18O6. The van der Waals surface area contributed by atoms with Gasteiger partial charge < -0.3 is 20.1 Å². The molecule has 0 saturated heterocycles. The summed E-state index contributed by atoms with van der Waals surface area (Å²) in [4.78, 5) is 20.7. The highest BCUT2D eigenvalue weighted by Gasteiger charge is 2.03. The molecule has 6 heteroatoms. The van der Waals surface area contributed by atoms with Crippen LogP contribution in [0.25, 0.3) is 0 Å². The maximum absolute atomic E-state index is 10.3. The van der Waals surface area contributed by atoms with Crippen LogP contribution in [0, 0.1) is 0 Å². The molecule has 90 valence electrons. The van der Waals surface area contributed by atoms with Crippen molar-refractivity contribution in [2.45, 2.75) is 32.8 Å². The van der Waals surface area contributed by atoms with Crippen molar-refractivity contribution in [1.82, 2.24) is 0 Å². The quantitative estimate of drug-likeness (QED) is 0.425. The van der Waals surface area contributed by atoms with Crippen LogP contribution in [-0.2, 0) is 14.3 Å². The summed E-state index contributed by atoms with van der Waals surface area (Å²) < 4.78 is 4.27. The van der Waals surface area contributed by atoms with Crippen LogP contribution in [0.1, 0.15) is 26.7 Å². The number of carbonyl (C=O) groups is 2. The van der Waals surface area contributed by atoms with Gasteiger partial charge in [-0.25, -0.2) is 0 Å². The van der Waals surface area contributed by atoms with Crippen LogP contribution in [0.3, 0.4) is 0 Å². The van der Waals surface area contributed by atoms with Crippen LogP contribution in [0.5, 0.6) is 0 Å². The van der Waals surface area contributed by atoms with Gasteiger partial charge in [-0.2, -0.15) is 0 Å². The fourth-order valence-corrected chi connectivity index (χ4v) is 0.329. The molecule has 0 aliphatic carbocycles. The Morgan fingerprint density at radius 3 is 1.53 bits per heavy atom. The van der Waals surface area contributed by atoms with Crippen molar-refractivity contribution in [2.75, 3.05) is 13.2 Å². The predicted octanol–water partition coefficient (Wildman–Crippen LogP) is -0.792. The van der Waals surface area contributed by atoms with Gasteiger partial charge in [-0.05, 0) is 0 Å². The first-order valence-electron chi connectivity index (χ1n) is 4.64. The highest BCUT2D eigenvalue weighted by Crippen LogP contribution is 1.88. The largest absolute Gasteiger partial charge is 0.394 e. The van der Waals surface area contributed by atoms with Crippen LogP contribution in [0.2, 0.25) is 0 Å². The molecule has 0 aromatic heterocycles. The normalized spacial score (nSPS) is 9.20. The van der Waals surface area contributed by atoms with Crippen LogP contribution in [0.4, 0.5) is 0 Å². The Kier molecular flexibility index (Phi) is 12.2. The van der Waals surface area contributed by atoms with E-state index in [1.165, 1.54) is 0 Å². The van der Waals surface area contributed by atoms with Gasteiger partial charge in [0.05, 0.1) is 13.2 Å². The summed E-state index contributed by atoms with van der Waals surface area (Å²) in [7, 11) is 0. The molecule has 0 unspecified atom stereocenters. The van der Waals surface area contributed by atoms with Gasteiger partial charge >= 0.3 is 11.9 Å². The average Bonchev–Trinajstić information content (AvgIpc) is 2.28. The van der Waals surface area contributed by atoms with E-state index in [0.29, 0.717) is 0 Å². The Balaban J connectivity index is 0. The van der Waals surface area contributed by atoms with Crippen molar-refractivity contribution in [3.63, 3.8) is 0 Å². The summed E-state index contributed by atoms with van der Waals surface area (Å²) in [5.74, 6) is -0.913. The van der Waals surface area contributed by atoms with E-state index < -0.39 is 18.0 Å². The minimum atomic E-state index is -0.954. The maximum atomic E-state index is 10.3. The fourth-order valence-electron chi connectivity index (χ4n) is 0.329. The minimum Gasteiger partial charge on any atom is -0.394 e. The number of ether oxygens (including phenoxy) is 1. The summed E-state index contributed by atoms with van der Waals surface area (Å²) in [5, 5.41) is 24.0. The first kappa shape index (κ1) is 16.4. The Hall–Kier alpha value is -0.980. The van der Waals surface area contributed by atoms with Gasteiger partial charge in [-0.15, -0.1) is 0 Å². The monoisotopic (exact) mass is 222 g/mol. The zero-order valence-corrected chi connectivity index (χ0v) is 8.97. The summed E-state index contributed by atoms with van der Waals surface area (Å²) in [6, 6.07) is 0. The van der Waals surface area contributed by atoms with Gasteiger partial charge in [-0.3, -0.25) is 9.59 Å². The molecule has 0 fully saturated rings. The van der Waals surface area contributed by atoms with Crippen molar-refractivity contribution in [3.05, 3.63) is 0 Å². The van der Waals surface area contributed by atoms with Gasteiger partial charge in [0.2, 0.25) is 0 Å². The molecule has 0 aliphatic heterocycles. The van der Waals surface area contributed by atoms with Gasteiger partial charge in [0, 0.05) is 12.8 Å². The maximum Gasteiger partial charge on any atom is 0.313 e. The molecule has 0 atom stereocenters. The lowest BCUT2D eigenvalue weighted by Gasteiger charge is -1.96. The van der Waals surface area contributed by atoms with Crippen LogP contribution in [0.15, 0.2) is 0 Å². The molecule has 0 rings (SSSR count). The van der Waals surface area contributed by atoms with E-state index in [0.717, 1.165) is 0 Å². The molecule has 0 aromatic carbocycles. The Morgan fingerprint density at radius 1 is 1.07 bits per heavy atom. The van der Waals surface area contributed by atoms with E-state index in [1.807, 2.05) is 0 Å². The third-order valence-corrected chi connectivity index (χ3v) is 1.23. The van der Waals surface area contributed by atoms with Gasteiger partial charge in [-0.1, -0.05) is 13.8 Å². The second-order valence-corrected chi connectivity index (χ2v) is 2.57. The van der Waals surface area contributed by atoms with Crippen molar-refractivity contribution >= 4 is 11.9 Å². The Labute approximate surface area is 88.5 Å². The molecule has 0 radical (unpaired) electrons. The number of hydrogen-bond donors (Lipinski definition) is 3. The van der Waals surface area contributed by atoms with Crippen LogP contribution in [-0.4, -0.2) is 46.6 Å². The standard InChI is InChI=1S/C6H10O3.C3H8O3/c1-3-5(7)9-6(8)4-2;4-1-3(6)2-5/h3-4H2,1-2H3;3-6H,1-2H2. The topological polar surface area (TPSA) is 104 Å². The average molecular weight is 222 g/mol. The molecule has 0 heterocycles. The molecule has 0 amide bonds. The highest BCUT2D eigenvalue weighted by molar-refractivity contribution is 5.84. The van der Waals surface area contributed by atoms with Gasteiger partial charge in [0.25, 0.3) is 0 Å². The van der Waals surface area contributed by atoms with Crippen molar-refractivity contribution in [3.8, 4) is 0 Å². The zero-order chi connectivity index (χ0) is 12.3. The Bertz CT molecular complexity index is 161. The first-order valence-corrected chi connectivity index (χ1v) is 4.64. The van der Waals surface area contributed by atoms with Crippen LogP contribution >= 0.6 is 0 Å². The summed E-state index contributed by atoms with van der Waals surface area (Å²) in [6.45, 7) is 2.56. The SMILES string of the molecule is CCC(=O)OC(=O)CC.OCC(O)CO. The van der Waals surface area contributed by atoms with E-state index >= 15 is 0 Å². The fraction of sp³-hybridized carbons (Fsp3) is 0.778. The summed E-state index contributed by atoms with van der Waals surface area (Å²) >= 11 is 0. The van der Waals surface area contributed by atoms with E-state index in [4.69, 9.17) is 15.3 Å². The third-order valence-electron chi connectivity index (χ3n) is 1.23. The second kappa shape index (κ2) is 11.1. The molecule has 0 aliphatic rings. The lowest BCUT2D eigenvalue weighted by molar-refractivity contribution is -0.159. The van der Waals surface area contributed by atoms with E-state index in [1.54, 1.807) is 13.8 Å². The van der Waals surface area contributed by atoms with E-state index in [9.17, 15) is 9.59 Å². The molecule has 0 saturated carbocycles. The lowest BCUT2D eigenvalue weighted by atomic mass is 10.4. The highest BCUT2D eigenvalue weighted by atomic mass is 16.6. The summed E-state index contributed by atoms with van der Waals surface area (Å²) in [6.07, 6.45) is -0.442. The lowest BCUT2D eigenvalue weighted by Crippen LogP contribution is -2.15. The minimum absolute atomic E-state index is 0.256. The third kappa shape index (κ3) is 13.0. The molecular weight excluding hydrogens is 204 g/mol. The van der Waals surface area contributed by atoms with E-state index in [2.05, 4.69) is 4.74 Å². The number of hydrogen-bond acceptors (Lipinski definition) is 6.